The van der Waals surface area contributed by atoms with E-state index in [0.29, 0.717) is 0 Å². The summed E-state index contributed by atoms with van der Waals surface area (Å²) in [6.07, 6.45) is 1.92. The second kappa shape index (κ2) is 0.899. The van der Waals surface area contributed by atoms with Gasteiger partial charge in [0.25, 0.3) is 0 Å². The summed E-state index contributed by atoms with van der Waals surface area (Å²) in [5, 5.41) is 0. The Hall–Kier alpha value is -0.660. The molecule has 0 saturated heterocycles. The monoisotopic (exact) mass is 85.1 g/mol. The first-order valence-electron chi connectivity index (χ1n) is 1.88. The molecule has 0 radical (unpaired) electrons. The number of aryl methyl sites for hydroxylation is 2. The molecule has 1 aromatic rings. The van der Waals surface area contributed by atoms with Crippen molar-refractivity contribution >= 4 is 0 Å². The van der Waals surface area contributed by atoms with Crippen LogP contribution < -0.4 is 0 Å². The molecule has 0 aliphatic carbocycles. The average molecular weight is 85.1 g/mol. The lowest BCUT2D eigenvalue weighted by molar-refractivity contribution is 0.224. The Labute approximate surface area is 36.3 Å². The van der Waals surface area contributed by atoms with Gasteiger partial charge in [0.15, 0.2) is 0 Å². The summed E-state index contributed by atoms with van der Waals surface area (Å²) in [7, 11) is 1.85. The standard InChI is InChI=1S/C4H7NO/c1-4-3-5(2)6-4/h3H,1-2H3. The van der Waals surface area contributed by atoms with E-state index in [0.717, 1.165) is 5.76 Å². The molecular formula is C4H7NO. The zero-order valence-corrected chi connectivity index (χ0v) is 3.93. The summed E-state index contributed by atoms with van der Waals surface area (Å²) in [4.78, 5) is 0. The van der Waals surface area contributed by atoms with Crippen LogP contribution in [0.4, 0.5) is 0 Å². The van der Waals surface area contributed by atoms with Gasteiger partial charge in [-0.2, -0.15) is 0 Å². The second-order valence-corrected chi connectivity index (χ2v) is 1.38. The van der Waals surface area contributed by atoms with Gasteiger partial charge < -0.3 is 4.52 Å². The quantitative estimate of drug-likeness (QED) is 0.458. The molecule has 0 atom stereocenters. The average Bonchev–Trinajstić information content (AvgIpc) is 1.33. The van der Waals surface area contributed by atoms with Gasteiger partial charge >= 0.3 is 0 Å². The van der Waals surface area contributed by atoms with Gasteiger partial charge in [-0.15, -0.1) is 0 Å². The van der Waals surface area contributed by atoms with Crippen LogP contribution in [-0.2, 0) is 7.05 Å². The zero-order chi connectivity index (χ0) is 4.57. The fourth-order valence-corrected chi connectivity index (χ4v) is 0.484. The lowest BCUT2D eigenvalue weighted by Gasteiger charge is -2.01. The molecule has 0 aromatic carbocycles. The summed E-state index contributed by atoms with van der Waals surface area (Å²) in [5.74, 6) is 0.984. The first kappa shape index (κ1) is 3.53. The first-order valence-corrected chi connectivity index (χ1v) is 1.88. The Morgan fingerprint density at radius 2 is 2.33 bits per heavy atom. The van der Waals surface area contributed by atoms with Gasteiger partial charge in [-0.1, -0.05) is 0 Å². The van der Waals surface area contributed by atoms with Gasteiger partial charge in [0, 0.05) is 7.05 Å². The van der Waals surface area contributed by atoms with Gasteiger partial charge in [-0.25, -0.2) is 4.74 Å². The molecule has 0 N–H and O–H groups in total. The van der Waals surface area contributed by atoms with Crippen LogP contribution in [0.15, 0.2) is 10.7 Å². The Balaban J connectivity index is 2.77. The van der Waals surface area contributed by atoms with Crippen molar-refractivity contribution < 1.29 is 4.52 Å². The van der Waals surface area contributed by atoms with Crippen molar-refractivity contribution in [3.05, 3.63) is 12.0 Å². The normalized spacial score (nSPS) is 9.67. The van der Waals surface area contributed by atoms with Gasteiger partial charge in [-0.05, 0) is 6.92 Å². The maximum Gasteiger partial charge on any atom is 0.148 e. The van der Waals surface area contributed by atoms with Crippen LogP contribution in [0.25, 0.3) is 0 Å². The topological polar surface area (TPSA) is 18.1 Å². The smallest absolute Gasteiger partial charge is 0.148 e. The van der Waals surface area contributed by atoms with Gasteiger partial charge in [0.1, 0.15) is 5.76 Å². The Morgan fingerprint density at radius 1 is 1.83 bits per heavy atom. The molecule has 0 bridgehead atoms. The molecule has 6 heavy (non-hydrogen) atoms. The lowest BCUT2D eigenvalue weighted by Crippen LogP contribution is -1.94. The third-order valence-electron chi connectivity index (χ3n) is 0.652. The maximum absolute atomic E-state index is 4.83. The molecule has 0 aliphatic rings. The molecule has 2 heteroatoms. The van der Waals surface area contributed by atoms with Crippen molar-refractivity contribution in [2.75, 3.05) is 0 Å². The fourth-order valence-electron chi connectivity index (χ4n) is 0.484. The van der Waals surface area contributed by atoms with E-state index in [2.05, 4.69) is 0 Å². The first-order chi connectivity index (χ1) is 2.79. The Bertz CT molecular complexity index is 105. The van der Waals surface area contributed by atoms with Crippen molar-refractivity contribution in [3.63, 3.8) is 0 Å². The van der Waals surface area contributed by atoms with Crippen molar-refractivity contribution in [2.45, 2.75) is 6.92 Å². The molecule has 0 fully saturated rings. The van der Waals surface area contributed by atoms with Crippen molar-refractivity contribution in [2.24, 2.45) is 7.05 Å². The van der Waals surface area contributed by atoms with Crippen LogP contribution in [0, 0.1) is 6.92 Å². The number of hydrogen-bond acceptors (Lipinski definition) is 1. The van der Waals surface area contributed by atoms with Gasteiger partial charge in [0.2, 0.25) is 0 Å². The van der Waals surface area contributed by atoms with Crippen molar-refractivity contribution in [3.8, 4) is 0 Å². The molecule has 1 aromatic heterocycles. The van der Waals surface area contributed by atoms with Crippen LogP contribution in [0.5, 0.6) is 0 Å². The molecule has 0 amide bonds. The van der Waals surface area contributed by atoms with E-state index in [9.17, 15) is 0 Å². The molecule has 0 saturated carbocycles. The van der Waals surface area contributed by atoms with Crippen LogP contribution in [0.2, 0.25) is 0 Å². The highest BCUT2D eigenvalue weighted by Crippen LogP contribution is 1.95. The van der Waals surface area contributed by atoms with Gasteiger partial charge in [0.05, 0.1) is 6.20 Å². The van der Waals surface area contributed by atoms with Crippen molar-refractivity contribution in [1.29, 1.82) is 0 Å². The van der Waals surface area contributed by atoms with E-state index >= 15 is 0 Å². The summed E-state index contributed by atoms with van der Waals surface area (Å²) >= 11 is 0. The number of aromatic nitrogens is 1. The third kappa shape index (κ3) is 0.339. The number of nitrogens with zero attached hydrogens (tertiary/aromatic N) is 1. The van der Waals surface area contributed by atoms with E-state index in [1.165, 1.54) is 0 Å². The molecule has 1 heterocycles. The molecule has 0 spiro atoms. The minimum atomic E-state index is 0.984. The van der Waals surface area contributed by atoms with Crippen LogP contribution in [-0.4, -0.2) is 4.74 Å². The minimum Gasteiger partial charge on any atom is -0.383 e. The summed E-state index contributed by atoms with van der Waals surface area (Å²) in [5.41, 5.74) is 0. The van der Waals surface area contributed by atoms with E-state index in [-0.39, 0.29) is 0 Å². The van der Waals surface area contributed by atoms with E-state index in [1.54, 1.807) is 4.74 Å². The minimum absolute atomic E-state index is 0.984. The Morgan fingerprint density at radius 3 is 2.33 bits per heavy atom. The van der Waals surface area contributed by atoms with Crippen LogP contribution >= 0.6 is 0 Å². The van der Waals surface area contributed by atoms with Crippen molar-refractivity contribution in [1.82, 2.24) is 4.74 Å². The zero-order valence-electron chi connectivity index (χ0n) is 3.93. The van der Waals surface area contributed by atoms with E-state index in [4.69, 9.17) is 4.52 Å². The van der Waals surface area contributed by atoms with Crippen LogP contribution in [0.1, 0.15) is 5.76 Å². The largest absolute Gasteiger partial charge is 0.383 e. The number of hydrogen-bond donors (Lipinski definition) is 0. The highest BCUT2D eigenvalue weighted by atomic mass is 16.5. The summed E-state index contributed by atoms with van der Waals surface area (Å²) in [6, 6.07) is 0. The summed E-state index contributed by atoms with van der Waals surface area (Å²) in [6.45, 7) is 1.92. The predicted molar refractivity (Wildman–Crippen MR) is 22.4 cm³/mol. The highest BCUT2D eigenvalue weighted by molar-refractivity contribution is 4.82. The summed E-state index contributed by atoms with van der Waals surface area (Å²) < 4.78 is 6.50. The van der Waals surface area contributed by atoms with E-state index < -0.39 is 0 Å². The second-order valence-electron chi connectivity index (χ2n) is 1.38. The molecule has 2 nitrogen and oxygen atoms in total. The molecule has 1 rings (SSSR count). The molecule has 0 unspecified atom stereocenters. The highest BCUT2D eigenvalue weighted by Gasteiger charge is 1.87. The third-order valence-corrected chi connectivity index (χ3v) is 0.652. The molecular weight excluding hydrogens is 78.0 g/mol. The maximum atomic E-state index is 4.83. The lowest BCUT2D eigenvalue weighted by atomic mass is 10.6. The predicted octanol–water partition coefficient (Wildman–Crippen LogP) is 0.927. The van der Waals surface area contributed by atoms with Gasteiger partial charge in [-0.3, -0.25) is 0 Å². The molecule has 0 aliphatic heterocycles. The SMILES string of the molecule is Cc1cn(C)o1. The number of rotatable bonds is 0. The van der Waals surface area contributed by atoms with E-state index in [1.807, 2.05) is 20.2 Å². The molecule has 34 valence electrons. The Kier molecular flexibility index (Phi) is 0.528. The fraction of sp³-hybridized carbons (Fsp3) is 0.500. The van der Waals surface area contributed by atoms with Crippen LogP contribution in [0.3, 0.4) is 0 Å².